The molecule has 0 bridgehead atoms. The van der Waals surface area contributed by atoms with Gasteiger partial charge in [-0.1, -0.05) is 0 Å². The number of hydrogen-bond donors (Lipinski definition) is 2. The second kappa shape index (κ2) is 4.23. The number of aliphatic hydroxyl groups is 1. The summed E-state index contributed by atoms with van der Waals surface area (Å²) in [6.45, 7) is 4.61. The van der Waals surface area contributed by atoms with Crippen LogP contribution in [0.2, 0.25) is 0 Å². The van der Waals surface area contributed by atoms with Gasteiger partial charge < -0.3 is 15.7 Å². The average Bonchev–Trinajstić information content (AvgIpc) is 2.09. The lowest BCUT2D eigenvalue weighted by atomic mass is 10.2. The number of nitrogens with zero attached hydrogens (tertiary/aromatic N) is 2. The summed E-state index contributed by atoms with van der Waals surface area (Å²) in [6.07, 6.45) is 0.799. The van der Waals surface area contributed by atoms with Gasteiger partial charge in [0.2, 0.25) is 5.91 Å². The van der Waals surface area contributed by atoms with Crippen LogP contribution in [-0.2, 0) is 4.79 Å². The van der Waals surface area contributed by atoms with Gasteiger partial charge in [-0.2, -0.15) is 0 Å². The summed E-state index contributed by atoms with van der Waals surface area (Å²) in [7, 11) is 0. The normalized spacial score (nSPS) is 18.6. The summed E-state index contributed by atoms with van der Waals surface area (Å²) in [5, 5.41) is 9.27. The standard InChI is InChI=1S/C9H15N3O2/c1-6-3-4-12(7(2)11-6)5-8(13)9(10)14/h3,8,13H,4-5H2,1-2H3,(H2,10,14)/t8-/m1/s1. The third-order valence-electron chi connectivity index (χ3n) is 2.12. The Bertz CT molecular complexity index is 296. The molecule has 0 aromatic carbocycles. The highest BCUT2D eigenvalue weighted by atomic mass is 16.3. The molecule has 0 unspecified atom stereocenters. The summed E-state index contributed by atoms with van der Waals surface area (Å²) in [5.41, 5.74) is 5.91. The van der Waals surface area contributed by atoms with Crippen molar-refractivity contribution < 1.29 is 9.90 Å². The van der Waals surface area contributed by atoms with Crippen molar-refractivity contribution in [3.05, 3.63) is 11.8 Å². The van der Waals surface area contributed by atoms with Gasteiger partial charge in [0.15, 0.2) is 0 Å². The SMILES string of the molecule is CC1=CCN(C[C@@H](O)C(N)=O)C(C)=N1. The fraction of sp³-hybridized carbons (Fsp3) is 0.556. The van der Waals surface area contributed by atoms with Gasteiger partial charge in [0.25, 0.3) is 0 Å². The van der Waals surface area contributed by atoms with Crippen LogP contribution in [0.25, 0.3) is 0 Å². The second-order valence-electron chi connectivity index (χ2n) is 3.33. The molecule has 1 heterocycles. The van der Waals surface area contributed by atoms with Crippen LogP contribution < -0.4 is 5.73 Å². The van der Waals surface area contributed by atoms with Crippen molar-refractivity contribution in [1.29, 1.82) is 0 Å². The van der Waals surface area contributed by atoms with Crippen molar-refractivity contribution in [1.82, 2.24) is 4.90 Å². The first kappa shape index (κ1) is 10.7. The molecule has 0 aromatic heterocycles. The smallest absolute Gasteiger partial charge is 0.248 e. The number of nitrogens with two attached hydrogens (primary N) is 1. The molecule has 0 aliphatic carbocycles. The Morgan fingerprint density at radius 2 is 2.43 bits per heavy atom. The number of rotatable bonds is 3. The molecule has 0 aromatic rings. The highest BCUT2D eigenvalue weighted by Gasteiger charge is 2.18. The van der Waals surface area contributed by atoms with E-state index in [0.29, 0.717) is 6.54 Å². The maximum absolute atomic E-state index is 10.6. The molecular weight excluding hydrogens is 182 g/mol. The summed E-state index contributed by atoms with van der Waals surface area (Å²) in [4.78, 5) is 16.7. The number of aliphatic imine (C=N–C) groups is 1. The van der Waals surface area contributed by atoms with Gasteiger partial charge >= 0.3 is 0 Å². The summed E-state index contributed by atoms with van der Waals surface area (Å²) < 4.78 is 0. The highest BCUT2D eigenvalue weighted by molar-refractivity contribution is 5.83. The van der Waals surface area contributed by atoms with Gasteiger partial charge in [-0.05, 0) is 19.9 Å². The van der Waals surface area contributed by atoms with Crippen molar-refractivity contribution in [2.24, 2.45) is 10.7 Å². The van der Waals surface area contributed by atoms with Gasteiger partial charge in [0.05, 0.1) is 6.54 Å². The van der Waals surface area contributed by atoms with Crippen LogP contribution in [0.4, 0.5) is 0 Å². The molecule has 0 radical (unpaired) electrons. The Hall–Kier alpha value is -1.36. The first-order valence-corrected chi connectivity index (χ1v) is 4.45. The van der Waals surface area contributed by atoms with Crippen molar-refractivity contribution >= 4 is 11.7 Å². The van der Waals surface area contributed by atoms with Gasteiger partial charge in [0.1, 0.15) is 11.9 Å². The zero-order valence-corrected chi connectivity index (χ0v) is 8.40. The van der Waals surface area contributed by atoms with Crippen LogP contribution in [0.5, 0.6) is 0 Å². The number of β-amino-alcohol motifs (C(OH)–C–C–N with tert-alkyl or cyclic N) is 1. The number of hydrogen-bond acceptors (Lipinski definition) is 4. The van der Waals surface area contributed by atoms with Gasteiger partial charge in [-0.25, -0.2) is 4.99 Å². The van der Waals surface area contributed by atoms with E-state index in [1.807, 2.05) is 24.8 Å². The summed E-state index contributed by atoms with van der Waals surface area (Å²) >= 11 is 0. The molecule has 1 aliphatic heterocycles. The van der Waals surface area contributed by atoms with E-state index in [0.717, 1.165) is 11.5 Å². The Morgan fingerprint density at radius 3 is 2.93 bits per heavy atom. The Labute approximate surface area is 82.9 Å². The van der Waals surface area contributed by atoms with Crippen LogP contribution in [-0.4, -0.2) is 40.9 Å². The van der Waals surface area contributed by atoms with E-state index in [1.165, 1.54) is 0 Å². The molecule has 1 amide bonds. The predicted octanol–water partition coefficient (Wildman–Crippen LogP) is -0.530. The Balaban J connectivity index is 2.57. The molecule has 78 valence electrons. The highest BCUT2D eigenvalue weighted by Crippen LogP contribution is 2.07. The molecule has 14 heavy (non-hydrogen) atoms. The molecular formula is C9H15N3O2. The molecule has 3 N–H and O–H groups in total. The Kier molecular flexibility index (Phi) is 3.24. The van der Waals surface area contributed by atoms with E-state index in [-0.39, 0.29) is 6.54 Å². The number of aliphatic hydroxyl groups excluding tert-OH is 1. The third kappa shape index (κ3) is 2.56. The van der Waals surface area contributed by atoms with Crippen molar-refractivity contribution in [2.45, 2.75) is 20.0 Å². The fourth-order valence-corrected chi connectivity index (χ4v) is 1.25. The minimum Gasteiger partial charge on any atom is -0.381 e. The second-order valence-corrected chi connectivity index (χ2v) is 3.33. The van der Waals surface area contributed by atoms with Crippen molar-refractivity contribution in [2.75, 3.05) is 13.1 Å². The van der Waals surface area contributed by atoms with E-state index >= 15 is 0 Å². The number of amides is 1. The number of carbonyl (C=O) groups excluding carboxylic acids is 1. The fourth-order valence-electron chi connectivity index (χ4n) is 1.25. The number of amidine groups is 1. The van der Waals surface area contributed by atoms with Crippen LogP contribution in [0.1, 0.15) is 13.8 Å². The summed E-state index contributed by atoms with van der Waals surface area (Å²) in [6, 6.07) is 0. The monoisotopic (exact) mass is 197 g/mol. The third-order valence-corrected chi connectivity index (χ3v) is 2.12. The molecule has 0 spiro atoms. The largest absolute Gasteiger partial charge is 0.381 e. The van der Waals surface area contributed by atoms with Crippen LogP contribution >= 0.6 is 0 Å². The van der Waals surface area contributed by atoms with E-state index < -0.39 is 12.0 Å². The molecule has 5 nitrogen and oxygen atoms in total. The minimum atomic E-state index is -1.13. The van der Waals surface area contributed by atoms with E-state index in [2.05, 4.69) is 4.99 Å². The van der Waals surface area contributed by atoms with Crippen molar-refractivity contribution in [3.63, 3.8) is 0 Å². The molecule has 0 saturated heterocycles. The zero-order chi connectivity index (χ0) is 10.7. The van der Waals surface area contributed by atoms with Crippen LogP contribution in [0, 0.1) is 0 Å². The van der Waals surface area contributed by atoms with Crippen LogP contribution in [0.15, 0.2) is 16.8 Å². The maximum Gasteiger partial charge on any atom is 0.248 e. The molecule has 5 heteroatoms. The average molecular weight is 197 g/mol. The molecule has 1 aliphatic rings. The first-order valence-electron chi connectivity index (χ1n) is 4.45. The van der Waals surface area contributed by atoms with Crippen LogP contribution in [0.3, 0.4) is 0 Å². The Morgan fingerprint density at radius 1 is 1.79 bits per heavy atom. The van der Waals surface area contributed by atoms with E-state index in [4.69, 9.17) is 5.73 Å². The van der Waals surface area contributed by atoms with E-state index in [9.17, 15) is 9.90 Å². The molecule has 1 rings (SSSR count). The first-order chi connectivity index (χ1) is 6.50. The van der Waals surface area contributed by atoms with E-state index in [1.54, 1.807) is 0 Å². The zero-order valence-electron chi connectivity index (χ0n) is 8.40. The van der Waals surface area contributed by atoms with Gasteiger partial charge in [-0.3, -0.25) is 4.79 Å². The number of allylic oxidation sites excluding steroid dienone is 1. The predicted molar refractivity (Wildman–Crippen MR) is 53.6 cm³/mol. The minimum absolute atomic E-state index is 0.203. The molecule has 1 atom stereocenters. The summed E-state index contributed by atoms with van der Waals surface area (Å²) in [5.74, 6) is 0.0920. The quantitative estimate of drug-likeness (QED) is 0.638. The van der Waals surface area contributed by atoms with Crippen molar-refractivity contribution in [3.8, 4) is 0 Å². The molecule has 0 saturated carbocycles. The lowest BCUT2D eigenvalue weighted by Crippen LogP contribution is -2.43. The number of carbonyl (C=O) groups is 1. The lowest BCUT2D eigenvalue weighted by Gasteiger charge is -2.27. The maximum atomic E-state index is 10.6. The lowest BCUT2D eigenvalue weighted by molar-refractivity contribution is -0.126. The van der Waals surface area contributed by atoms with Gasteiger partial charge in [0, 0.05) is 12.2 Å². The number of primary amides is 1. The topological polar surface area (TPSA) is 78.9 Å². The molecule has 0 fully saturated rings. The van der Waals surface area contributed by atoms with Gasteiger partial charge in [-0.15, -0.1) is 0 Å².